The smallest absolute Gasteiger partial charge is 0.0516 e. The molecule has 1 atom stereocenters. The predicted molar refractivity (Wildman–Crippen MR) is 69.3 cm³/mol. The van der Waals surface area contributed by atoms with E-state index in [-0.39, 0.29) is 0 Å². The minimum Gasteiger partial charge on any atom is -0.344 e. The van der Waals surface area contributed by atoms with Crippen LogP contribution >= 0.6 is 0 Å². The fraction of sp³-hybridized carbons (Fsp3) is 0.533. The maximum Gasteiger partial charge on any atom is 0.0516 e. The maximum absolute atomic E-state index is 4.32. The van der Waals surface area contributed by atoms with Crippen molar-refractivity contribution in [3.63, 3.8) is 0 Å². The van der Waals surface area contributed by atoms with Gasteiger partial charge in [-0.3, -0.25) is 4.98 Å². The number of rotatable bonds is 0. The first kappa shape index (κ1) is 9.69. The molecule has 1 aliphatic carbocycles. The van der Waals surface area contributed by atoms with Gasteiger partial charge in [0.15, 0.2) is 0 Å². The molecule has 2 heteroatoms. The molecule has 17 heavy (non-hydrogen) atoms. The summed E-state index contributed by atoms with van der Waals surface area (Å²) in [4.78, 5) is 4.32. The minimum atomic E-state index is 0.827. The van der Waals surface area contributed by atoms with Crippen molar-refractivity contribution in [3.8, 4) is 0 Å². The van der Waals surface area contributed by atoms with Crippen LogP contribution in [0.1, 0.15) is 49.3 Å². The van der Waals surface area contributed by atoms with E-state index in [0.717, 1.165) is 5.92 Å². The molecule has 0 fully saturated rings. The number of pyridine rings is 1. The number of fused-ring (bicyclic) bond motifs is 3. The number of nitrogens with zero attached hydrogens (tertiary/aromatic N) is 2. The Kier molecular flexibility index (Phi) is 2.05. The van der Waals surface area contributed by atoms with Crippen LogP contribution in [0.3, 0.4) is 0 Å². The molecule has 0 aromatic carbocycles. The first-order valence-corrected chi connectivity index (χ1v) is 6.90. The first-order valence-electron chi connectivity index (χ1n) is 6.90. The molecule has 2 aliphatic rings. The molecule has 4 rings (SSSR count). The minimum absolute atomic E-state index is 0.827. The molecule has 0 saturated heterocycles. The SMILES string of the molecule is c1cc2c(cn1)c1c3n2CCCCC3CCC1. The molecule has 0 bridgehead atoms. The Bertz CT molecular complexity index is 568. The van der Waals surface area contributed by atoms with Gasteiger partial charge >= 0.3 is 0 Å². The van der Waals surface area contributed by atoms with E-state index in [2.05, 4.69) is 21.8 Å². The first-order chi connectivity index (χ1) is 8.45. The summed E-state index contributed by atoms with van der Waals surface area (Å²) in [6.45, 7) is 1.21. The summed E-state index contributed by atoms with van der Waals surface area (Å²) in [5.41, 5.74) is 4.71. The molecule has 2 aromatic heterocycles. The highest BCUT2D eigenvalue weighted by molar-refractivity contribution is 5.85. The molecule has 2 nitrogen and oxygen atoms in total. The summed E-state index contributed by atoms with van der Waals surface area (Å²) in [5.74, 6) is 0.827. The number of aryl methyl sites for hydroxylation is 2. The number of hydrogen-bond donors (Lipinski definition) is 0. The van der Waals surface area contributed by atoms with E-state index in [0.29, 0.717) is 0 Å². The topological polar surface area (TPSA) is 17.8 Å². The summed E-state index contributed by atoms with van der Waals surface area (Å²) < 4.78 is 2.60. The fourth-order valence-corrected chi connectivity index (χ4v) is 3.86. The van der Waals surface area contributed by atoms with Crippen molar-refractivity contribution in [1.82, 2.24) is 9.55 Å². The Morgan fingerprint density at radius 2 is 2.12 bits per heavy atom. The van der Waals surface area contributed by atoms with Crippen LogP contribution in [0.15, 0.2) is 18.5 Å². The second-order valence-corrected chi connectivity index (χ2v) is 5.49. The number of hydrogen-bond acceptors (Lipinski definition) is 1. The molecule has 0 radical (unpaired) electrons. The lowest BCUT2D eigenvalue weighted by molar-refractivity contribution is 0.508. The van der Waals surface area contributed by atoms with Gasteiger partial charge in [0.2, 0.25) is 0 Å². The summed E-state index contributed by atoms with van der Waals surface area (Å²) in [6.07, 6.45) is 12.2. The second kappa shape index (κ2) is 3.59. The summed E-state index contributed by atoms with van der Waals surface area (Å²) in [6, 6.07) is 2.20. The zero-order valence-corrected chi connectivity index (χ0v) is 10.2. The van der Waals surface area contributed by atoms with E-state index in [9.17, 15) is 0 Å². The van der Waals surface area contributed by atoms with Gasteiger partial charge in [0.05, 0.1) is 5.52 Å². The lowest BCUT2D eigenvalue weighted by Gasteiger charge is -2.23. The zero-order valence-electron chi connectivity index (χ0n) is 10.2. The van der Waals surface area contributed by atoms with E-state index < -0.39 is 0 Å². The highest BCUT2D eigenvalue weighted by atomic mass is 15.0. The normalized spacial score (nSPS) is 23.4. The average Bonchev–Trinajstić information content (AvgIpc) is 2.56. The van der Waals surface area contributed by atoms with Crippen LogP contribution in [-0.2, 0) is 13.0 Å². The van der Waals surface area contributed by atoms with Crippen LogP contribution in [0.2, 0.25) is 0 Å². The Labute approximate surface area is 102 Å². The maximum atomic E-state index is 4.32. The summed E-state index contributed by atoms with van der Waals surface area (Å²) >= 11 is 0. The second-order valence-electron chi connectivity index (χ2n) is 5.49. The number of aromatic nitrogens is 2. The van der Waals surface area contributed by atoms with Crippen molar-refractivity contribution in [2.45, 2.75) is 51.0 Å². The third-order valence-electron chi connectivity index (χ3n) is 4.56. The molecule has 3 heterocycles. The molecule has 0 saturated carbocycles. The van der Waals surface area contributed by atoms with Gasteiger partial charge in [0, 0.05) is 30.0 Å². The van der Waals surface area contributed by atoms with Crippen molar-refractivity contribution >= 4 is 10.9 Å². The van der Waals surface area contributed by atoms with Crippen molar-refractivity contribution in [2.24, 2.45) is 0 Å². The van der Waals surface area contributed by atoms with Crippen molar-refractivity contribution in [1.29, 1.82) is 0 Å². The zero-order chi connectivity index (χ0) is 11.2. The van der Waals surface area contributed by atoms with Crippen LogP contribution in [0, 0.1) is 0 Å². The molecular formula is C15H18N2. The molecule has 0 amide bonds. The van der Waals surface area contributed by atoms with E-state index in [4.69, 9.17) is 0 Å². The quantitative estimate of drug-likeness (QED) is 0.670. The van der Waals surface area contributed by atoms with E-state index in [1.54, 1.807) is 11.3 Å². The van der Waals surface area contributed by atoms with Crippen LogP contribution < -0.4 is 0 Å². The van der Waals surface area contributed by atoms with Crippen molar-refractivity contribution in [3.05, 3.63) is 29.7 Å². The Balaban J connectivity index is 2.08. The lowest BCUT2D eigenvalue weighted by atomic mass is 9.84. The standard InChI is InChI=1S/C15H18N2/c1-2-9-17-14-7-8-16-10-13(14)12-6-3-5-11(4-1)15(12)17/h7-8,10-11H,1-6,9H2. The largest absolute Gasteiger partial charge is 0.344 e. The summed E-state index contributed by atoms with van der Waals surface area (Å²) in [7, 11) is 0. The monoisotopic (exact) mass is 226 g/mol. The van der Waals surface area contributed by atoms with E-state index >= 15 is 0 Å². The van der Waals surface area contributed by atoms with Gasteiger partial charge in [-0.2, -0.15) is 0 Å². The van der Waals surface area contributed by atoms with Gasteiger partial charge < -0.3 is 4.57 Å². The highest BCUT2D eigenvalue weighted by Gasteiger charge is 2.28. The Morgan fingerprint density at radius 3 is 3.12 bits per heavy atom. The Morgan fingerprint density at radius 1 is 1.18 bits per heavy atom. The predicted octanol–water partition coefficient (Wildman–Crippen LogP) is 3.64. The molecule has 0 N–H and O–H groups in total. The third kappa shape index (κ3) is 1.30. The summed E-state index contributed by atoms with van der Waals surface area (Å²) in [5, 5.41) is 1.43. The van der Waals surface area contributed by atoms with Crippen LogP contribution in [-0.4, -0.2) is 9.55 Å². The van der Waals surface area contributed by atoms with E-state index in [1.807, 2.05) is 6.20 Å². The van der Waals surface area contributed by atoms with Crippen LogP contribution in [0.4, 0.5) is 0 Å². The fourth-order valence-electron chi connectivity index (χ4n) is 3.86. The highest BCUT2D eigenvalue weighted by Crippen LogP contribution is 2.42. The van der Waals surface area contributed by atoms with Crippen LogP contribution in [0.5, 0.6) is 0 Å². The van der Waals surface area contributed by atoms with Crippen LogP contribution in [0.25, 0.3) is 10.9 Å². The van der Waals surface area contributed by atoms with Gasteiger partial charge in [-0.25, -0.2) is 0 Å². The van der Waals surface area contributed by atoms with Crippen molar-refractivity contribution < 1.29 is 0 Å². The average molecular weight is 226 g/mol. The van der Waals surface area contributed by atoms with Gasteiger partial charge in [0.25, 0.3) is 0 Å². The molecule has 1 aliphatic heterocycles. The van der Waals surface area contributed by atoms with E-state index in [1.165, 1.54) is 56.0 Å². The molecular weight excluding hydrogens is 208 g/mol. The molecule has 88 valence electrons. The molecule has 0 spiro atoms. The molecule has 1 unspecified atom stereocenters. The Hall–Kier alpha value is -1.31. The lowest BCUT2D eigenvalue weighted by Crippen LogP contribution is -2.11. The van der Waals surface area contributed by atoms with Gasteiger partial charge in [0.1, 0.15) is 0 Å². The molecule has 2 aromatic rings. The van der Waals surface area contributed by atoms with Gasteiger partial charge in [-0.1, -0.05) is 6.42 Å². The van der Waals surface area contributed by atoms with Gasteiger partial charge in [-0.15, -0.1) is 0 Å². The van der Waals surface area contributed by atoms with Gasteiger partial charge in [-0.05, 0) is 49.7 Å². The van der Waals surface area contributed by atoms with Crippen molar-refractivity contribution in [2.75, 3.05) is 0 Å². The third-order valence-corrected chi connectivity index (χ3v) is 4.56.